The van der Waals surface area contributed by atoms with Gasteiger partial charge in [0.1, 0.15) is 0 Å². The van der Waals surface area contributed by atoms with E-state index in [4.69, 9.17) is 4.74 Å². The maximum atomic E-state index is 10.2. The number of aryl methyl sites for hydroxylation is 1. The molecule has 27 heavy (non-hydrogen) atoms. The first-order valence-corrected chi connectivity index (χ1v) is 9.50. The van der Waals surface area contributed by atoms with Crippen LogP contribution in [0.25, 0.3) is 0 Å². The van der Waals surface area contributed by atoms with E-state index in [1.165, 1.54) is 11.1 Å². The van der Waals surface area contributed by atoms with Crippen LogP contribution in [0.1, 0.15) is 36.6 Å². The Bertz CT molecular complexity index is 704. The summed E-state index contributed by atoms with van der Waals surface area (Å²) in [6, 6.07) is 18.3. The van der Waals surface area contributed by atoms with E-state index >= 15 is 0 Å². The summed E-state index contributed by atoms with van der Waals surface area (Å²) in [5, 5.41) is 16.8. The summed E-state index contributed by atoms with van der Waals surface area (Å²) < 4.78 is 5.58. The van der Waals surface area contributed by atoms with Crippen LogP contribution < -0.4 is 10.6 Å². The Morgan fingerprint density at radius 3 is 2.52 bits per heavy atom. The molecular formula is C22H31N3O2. The Hall–Kier alpha value is -2.37. The summed E-state index contributed by atoms with van der Waals surface area (Å²) in [5.74, 6) is 0.690. The standard InChI is InChI=1S/C22H31N3O2/c1-4-23-22(25-18(3)21-13-9-8-10-17(21)2)24-14-20(26)16-27-15-19-11-6-5-7-12-19/h5-13,18,20,26H,4,14-16H2,1-3H3,(H2,23,24,25). The van der Waals surface area contributed by atoms with Gasteiger partial charge in [0, 0.05) is 6.54 Å². The number of nitrogens with one attached hydrogen (secondary N) is 2. The summed E-state index contributed by atoms with van der Waals surface area (Å²) in [6.45, 7) is 8.02. The fourth-order valence-electron chi connectivity index (χ4n) is 2.81. The smallest absolute Gasteiger partial charge is 0.191 e. The molecule has 0 bridgehead atoms. The van der Waals surface area contributed by atoms with Gasteiger partial charge in [-0.25, -0.2) is 0 Å². The van der Waals surface area contributed by atoms with Crippen molar-refractivity contribution >= 4 is 5.96 Å². The Morgan fingerprint density at radius 2 is 1.81 bits per heavy atom. The topological polar surface area (TPSA) is 65.9 Å². The molecule has 2 aromatic rings. The van der Waals surface area contributed by atoms with Crippen molar-refractivity contribution in [2.24, 2.45) is 4.99 Å². The minimum Gasteiger partial charge on any atom is -0.389 e. The van der Waals surface area contributed by atoms with E-state index < -0.39 is 6.10 Å². The monoisotopic (exact) mass is 369 g/mol. The summed E-state index contributed by atoms with van der Waals surface area (Å²) in [4.78, 5) is 4.50. The molecule has 0 spiro atoms. The Labute approximate surface area is 162 Å². The molecule has 0 aliphatic rings. The van der Waals surface area contributed by atoms with Gasteiger partial charge in [0.05, 0.1) is 31.9 Å². The number of aliphatic imine (C=N–C) groups is 1. The zero-order chi connectivity index (χ0) is 19.5. The maximum absolute atomic E-state index is 10.2. The first-order valence-electron chi connectivity index (χ1n) is 9.50. The number of rotatable bonds is 9. The molecule has 0 aromatic heterocycles. The molecule has 0 saturated carbocycles. The molecule has 0 aliphatic carbocycles. The molecule has 2 rings (SSSR count). The van der Waals surface area contributed by atoms with E-state index in [0.717, 1.165) is 12.1 Å². The lowest BCUT2D eigenvalue weighted by Crippen LogP contribution is -2.39. The van der Waals surface area contributed by atoms with Gasteiger partial charge in [0.15, 0.2) is 5.96 Å². The maximum Gasteiger partial charge on any atom is 0.191 e. The Balaban J connectivity index is 1.83. The third-order valence-electron chi connectivity index (χ3n) is 4.23. The average Bonchev–Trinajstić information content (AvgIpc) is 2.67. The quantitative estimate of drug-likeness (QED) is 0.469. The van der Waals surface area contributed by atoms with E-state index in [9.17, 15) is 5.11 Å². The molecule has 0 radical (unpaired) electrons. The van der Waals surface area contributed by atoms with Gasteiger partial charge in [0.2, 0.25) is 0 Å². The lowest BCUT2D eigenvalue weighted by molar-refractivity contribution is 0.0331. The number of nitrogens with zero attached hydrogens (tertiary/aromatic N) is 1. The fourth-order valence-corrected chi connectivity index (χ4v) is 2.81. The van der Waals surface area contributed by atoms with Gasteiger partial charge >= 0.3 is 0 Å². The van der Waals surface area contributed by atoms with Crippen molar-refractivity contribution in [3.8, 4) is 0 Å². The summed E-state index contributed by atoms with van der Waals surface area (Å²) >= 11 is 0. The molecule has 2 aromatic carbocycles. The molecule has 5 nitrogen and oxygen atoms in total. The number of hydrogen-bond donors (Lipinski definition) is 3. The molecule has 5 heteroatoms. The van der Waals surface area contributed by atoms with Gasteiger partial charge in [0.25, 0.3) is 0 Å². The fraction of sp³-hybridized carbons (Fsp3) is 0.409. The third-order valence-corrected chi connectivity index (χ3v) is 4.23. The molecule has 0 fully saturated rings. The van der Waals surface area contributed by atoms with Gasteiger partial charge < -0.3 is 20.5 Å². The summed E-state index contributed by atoms with van der Waals surface area (Å²) in [6.07, 6.45) is -0.641. The highest BCUT2D eigenvalue weighted by Crippen LogP contribution is 2.16. The highest BCUT2D eigenvalue weighted by molar-refractivity contribution is 5.80. The van der Waals surface area contributed by atoms with Crippen molar-refractivity contribution in [1.82, 2.24) is 10.6 Å². The zero-order valence-corrected chi connectivity index (χ0v) is 16.5. The van der Waals surface area contributed by atoms with Gasteiger partial charge in [-0.3, -0.25) is 4.99 Å². The summed E-state index contributed by atoms with van der Waals surface area (Å²) in [7, 11) is 0. The van der Waals surface area contributed by atoms with Crippen molar-refractivity contribution in [1.29, 1.82) is 0 Å². The molecule has 3 N–H and O–H groups in total. The van der Waals surface area contributed by atoms with Crippen molar-refractivity contribution in [3.63, 3.8) is 0 Å². The molecule has 0 saturated heterocycles. The van der Waals surface area contributed by atoms with Crippen LogP contribution in [0.2, 0.25) is 0 Å². The van der Waals surface area contributed by atoms with Crippen LogP contribution in [0.4, 0.5) is 0 Å². The Morgan fingerprint density at radius 1 is 1.11 bits per heavy atom. The normalized spacial score (nSPS) is 13.9. The van der Waals surface area contributed by atoms with Gasteiger partial charge in [-0.1, -0.05) is 54.6 Å². The number of hydrogen-bond acceptors (Lipinski definition) is 3. The van der Waals surface area contributed by atoms with Crippen molar-refractivity contribution in [2.45, 2.75) is 39.5 Å². The van der Waals surface area contributed by atoms with Crippen molar-refractivity contribution in [3.05, 3.63) is 71.3 Å². The van der Waals surface area contributed by atoms with E-state index in [2.05, 4.69) is 41.6 Å². The molecule has 0 heterocycles. The molecule has 2 unspecified atom stereocenters. The van der Waals surface area contributed by atoms with Gasteiger partial charge in [-0.2, -0.15) is 0 Å². The zero-order valence-electron chi connectivity index (χ0n) is 16.5. The van der Waals surface area contributed by atoms with Crippen LogP contribution in [0.5, 0.6) is 0 Å². The van der Waals surface area contributed by atoms with Gasteiger partial charge in [-0.15, -0.1) is 0 Å². The van der Waals surface area contributed by atoms with Crippen LogP contribution in [0.15, 0.2) is 59.6 Å². The minimum absolute atomic E-state index is 0.121. The first kappa shape index (κ1) is 20.9. The largest absolute Gasteiger partial charge is 0.389 e. The highest BCUT2D eigenvalue weighted by atomic mass is 16.5. The molecular weight excluding hydrogens is 338 g/mol. The first-order chi connectivity index (χ1) is 13.1. The second-order valence-corrected chi connectivity index (χ2v) is 6.60. The van der Waals surface area contributed by atoms with Crippen LogP contribution in [-0.2, 0) is 11.3 Å². The third kappa shape index (κ3) is 7.41. The lowest BCUT2D eigenvalue weighted by Gasteiger charge is -2.20. The van der Waals surface area contributed by atoms with Gasteiger partial charge in [-0.05, 0) is 37.5 Å². The number of aliphatic hydroxyl groups is 1. The predicted octanol–water partition coefficient (Wildman–Crippen LogP) is 3.19. The number of aliphatic hydroxyl groups excluding tert-OH is 1. The molecule has 146 valence electrons. The van der Waals surface area contributed by atoms with E-state index in [0.29, 0.717) is 12.6 Å². The SMILES string of the molecule is CCNC(=NCC(O)COCc1ccccc1)NC(C)c1ccccc1C. The second-order valence-electron chi connectivity index (χ2n) is 6.60. The number of ether oxygens (including phenoxy) is 1. The van der Waals surface area contributed by atoms with Crippen LogP contribution in [-0.4, -0.2) is 36.9 Å². The second kappa shape index (κ2) is 11.4. The van der Waals surface area contributed by atoms with Crippen molar-refractivity contribution < 1.29 is 9.84 Å². The number of benzene rings is 2. The molecule has 2 atom stereocenters. The lowest BCUT2D eigenvalue weighted by atomic mass is 10.0. The average molecular weight is 370 g/mol. The van der Waals surface area contributed by atoms with Crippen LogP contribution >= 0.6 is 0 Å². The highest BCUT2D eigenvalue weighted by Gasteiger charge is 2.11. The minimum atomic E-state index is -0.641. The van der Waals surface area contributed by atoms with Crippen LogP contribution in [0.3, 0.4) is 0 Å². The van der Waals surface area contributed by atoms with Crippen molar-refractivity contribution in [2.75, 3.05) is 19.7 Å². The molecule has 0 aliphatic heterocycles. The van der Waals surface area contributed by atoms with E-state index in [1.54, 1.807) is 0 Å². The van der Waals surface area contributed by atoms with E-state index in [1.807, 2.05) is 49.4 Å². The predicted molar refractivity (Wildman–Crippen MR) is 111 cm³/mol. The number of guanidine groups is 1. The Kier molecular flexibility index (Phi) is 8.81. The molecule has 0 amide bonds. The summed E-state index contributed by atoms with van der Waals surface area (Å²) in [5.41, 5.74) is 3.56. The van der Waals surface area contributed by atoms with E-state index in [-0.39, 0.29) is 19.2 Å². The van der Waals surface area contributed by atoms with Crippen LogP contribution in [0, 0.1) is 6.92 Å².